The van der Waals surface area contributed by atoms with Gasteiger partial charge in [0.2, 0.25) is 17.7 Å². The number of benzene rings is 6. The number of carboxylic acids is 8. The van der Waals surface area contributed by atoms with Crippen molar-refractivity contribution in [2.24, 2.45) is 0 Å². The number of thioether (sulfide) groups is 1. The van der Waals surface area contributed by atoms with Gasteiger partial charge < -0.3 is 119 Å². The summed E-state index contributed by atoms with van der Waals surface area (Å²) in [5.74, 6) is -15.5. The Morgan fingerprint density at radius 1 is 0.298 bits per heavy atom. The number of aliphatic carboxylic acids is 8. The molecule has 0 aliphatic heterocycles. The molecule has 0 saturated carbocycles. The van der Waals surface area contributed by atoms with Crippen molar-refractivity contribution in [3.8, 4) is 0 Å². The second kappa shape index (κ2) is 69.5. The highest BCUT2D eigenvalue weighted by Crippen LogP contribution is 2.20. The number of fused-ring (bicyclic) bond motifs is 1. The Hall–Kier alpha value is -15.3. The van der Waals surface area contributed by atoms with E-state index in [1.165, 1.54) is 55.3 Å². The second-order valence-electron chi connectivity index (χ2n) is 30.6. The van der Waals surface area contributed by atoms with Crippen molar-refractivity contribution in [2.45, 2.75) is 238 Å². The largest absolute Gasteiger partial charge is 0.481 e. The molecule has 9 atom stereocenters. The van der Waals surface area contributed by atoms with Gasteiger partial charge in [0.15, 0.2) is 0 Å². The molecule has 12 amide bonds. The first kappa shape index (κ1) is 124. The lowest BCUT2D eigenvalue weighted by molar-refractivity contribution is -0.144. The number of esters is 3. The lowest BCUT2D eigenvalue weighted by atomic mass is 10.0. The van der Waals surface area contributed by atoms with Crippen LogP contribution in [0.15, 0.2) is 140 Å². The summed E-state index contributed by atoms with van der Waals surface area (Å²) in [6, 6.07) is 25.5. The van der Waals surface area contributed by atoms with E-state index in [1.54, 1.807) is 24.3 Å². The minimum atomic E-state index is -1.49. The van der Waals surface area contributed by atoms with Crippen LogP contribution in [0.4, 0.5) is 14.4 Å². The molecule has 9 unspecified atom stereocenters. The zero-order valence-corrected chi connectivity index (χ0v) is 81.7. The van der Waals surface area contributed by atoms with Gasteiger partial charge in [0.1, 0.15) is 54.4 Å². The molecule has 20 N–H and O–H groups in total. The van der Waals surface area contributed by atoms with E-state index in [0.29, 0.717) is 36.3 Å². The van der Waals surface area contributed by atoms with Crippen LogP contribution < -0.4 is 63.8 Å². The minimum Gasteiger partial charge on any atom is -0.481 e. The molecule has 6 rings (SSSR count). The summed E-state index contributed by atoms with van der Waals surface area (Å²) in [7, 11) is 3.45. The number of rotatable bonds is 54. The molecule has 0 aliphatic carbocycles. The van der Waals surface area contributed by atoms with Gasteiger partial charge in [-0.2, -0.15) is 11.8 Å². The smallest absolute Gasteiger partial charge is 0.327 e. The fraction of sp³-hybridized carbons (Fsp3) is 0.443. The van der Waals surface area contributed by atoms with Gasteiger partial charge in [-0.25, -0.2) is 43.2 Å². The summed E-state index contributed by atoms with van der Waals surface area (Å²) < 4.78 is 13.3. The third-order valence-corrected chi connectivity index (χ3v) is 21.2. The third-order valence-electron chi connectivity index (χ3n) is 20.0. The fourth-order valence-corrected chi connectivity index (χ4v) is 13.3. The molecule has 6 aromatic carbocycles. The number of carbonyl (C=O) groups is 20. The van der Waals surface area contributed by atoms with E-state index < -0.39 is 181 Å². The Morgan fingerprint density at radius 2 is 0.617 bits per heavy atom. The number of carbonyl (C=O) groups excluding carboxylic acids is 12. The normalized spacial score (nSPS) is 12.2. The van der Waals surface area contributed by atoms with Crippen molar-refractivity contribution >= 4 is 142 Å². The van der Waals surface area contributed by atoms with Crippen LogP contribution in [0.25, 0.3) is 10.8 Å². The van der Waals surface area contributed by atoms with Crippen molar-refractivity contribution in [1.29, 1.82) is 0 Å². The number of hydrogen-bond acceptors (Lipinski definition) is 24. The first-order valence-electron chi connectivity index (χ1n) is 45.4. The zero-order valence-electron chi connectivity index (χ0n) is 80.9. The van der Waals surface area contributed by atoms with Crippen molar-refractivity contribution in [3.05, 3.63) is 190 Å². The molecule has 0 aromatic heterocycles. The molecule has 6 aromatic rings. The number of carboxylic acid groups (broad SMARTS) is 8. The summed E-state index contributed by atoms with van der Waals surface area (Å²) in [5.41, 5.74) is 6.14. The second-order valence-corrected chi connectivity index (χ2v) is 31.6. The average molecular weight is 1990 g/mol. The Morgan fingerprint density at radius 3 is 1.01 bits per heavy atom. The number of aryl methyl sites for hydroxylation is 3. The van der Waals surface area contributed by atoms with Gasteiger partial charge in [-0.15, -0.1) is 0 Å². The SMILES string of the molecule is CC.CC.CC.COC(=O)CCC(NC(=O)NC(CCCCNC(=O)C(Cc1ccc2ccccc2c1)NC(=O)c1ccc(CNC(=O)C(CCC(=O)O)NC(=O)C(CCC(=O)O)NC(=O)c2ccc(C)cc2)cc1)C(=O)O)C(=O)O.COC(=O)CCC(NC(=O)NC(CCCCNC(=O)c1ccc(C)cc1)C(=O)O)C(=O)O.COC(=O)CCC(NC(=O)NC(CSCc1ccc(C)cc1)C(=O)O)C(=O)O. The molecule has 0 spiro atoms. The lowest BCUT2D eigenvalue weighted by Crippen LogP contribution is -2.53. The lowest BCUT2D eigenvalue weighted by Gasteiger charge is -2.23. The van der Waals surface area contributed by atoms with Crippen LogP contribution in [-0.2, 0) is 100 Å². The molecule has 772 valence electrons. The molecule has 44 heteroatoms. The summed E-state index contributed by atoms with van der Waals surface area (Å²) in [6.45, 7) is 17.9. The number of urea groups is 3. The topological polar surface area (TPSA) is 675 Å². The van der Waals surface area contributed by atoms with Gasteiger partial charge in [0, 0.05) is 86.4 Å². The third kappa shape index (κ3) is 51.6. The summed E-state index contributed by atoms with van der Waals surface area (Å²) in [4.78, 5) is 241. The van der Waals surface area contributed by atoms with Crippen LogP contribution in [0.5, 0.6) is 0 Å². The summed E-state index contributed by atoms with van der Waals surface area (Å²) >= 11 is 1.33. The van der Waals surface area contributed by atoms with Crippen molar-refractivity contribution in [1.82, 2.24) is 63.8 Å². The molecule has 0 radical (unpaired) electrons. The predicted molar refractivity (Wildman–Crippen MR) is 518 cm³/mol. The standard InChI is InChI=1S/C52H61N7O16.C21H29N3O8.C18H24N2O7S.3C2H6/c1-30-10-15-34(16-11-30)45(65)55-38(21-24-43(62)63)49(69)56-37(20-23-42(60)61)47(67)54-29-31-12-18-35(19-13-31)46(66)57-41(28-32-14-17-33-7-3-4-8-36(33)27-32)48(68)53-26-6-5-9-39(50(70)71)58-52(74)59-40(51(72)73)22-25-44(64)75-2;1-13-6-8-14(9-7-13)18(26)22-12-4-3-5-15(19(27)28)23-21(31)24-16(20(29)30)10-11-17(25)32-2;1-11-3-5-12(6-4-11)9-28-10-14(17(24)25)20-18(26)19-13(16(22)23)7-8-15(21)27-2;3*1-2/h3-4,7-8,10-19,27,37-41H,5-6,9,20-26,28-29H2,1-2H3,(H,53,68)(H,54,67)(H,55,65)(H,56,69)(H,57,66)(H,60,61)(H,62,63)(H,70,71)(H,72,73)(H2,58,59,74);6-9,15-16H,3-5,10-12H2,1-2H3,(H,22,26)(H,27,28)(H,29,30)(H2,23,24,31);3-6,13-14H,7-10H2,1-2H3,(H,22,23)(H,24,25)(H2,19,20,26);3*1-2H3. The maximum atomic E-state index is 13.7. The van der Waals surface area contributed by atoms with E-state index in [4.69, 9.17) is 10.2 Å². The number of unbranched alkanes of at least 4 members (excludes halogenated alkanes) is 2. The van der Waals surface area contributed by atoms with E-state index in [9.17, 15) is 127 Å². The Bertz CT molecular complexity index is 5070. The van der Waals surface area contributed by atoms with Crippen LogP contribution in [0.2, 0.25) is 0 Å². The molecule has 0 bridgehead atoms. The number of nitrogens with one attached hydrogen (secondary N) is 12. The zero-order chi connectivity index (χ0) is 106. The molecular formula is C97H132N12O31S. The number of ether oxygens (including phenoxy) is 3. The van der Waals surface area contributed by atoms with E-state index in [1.807, 2.05) is 141 Å². The van der Waals surface area contributed by atoms with Crippen LogP contribution in [0.1, 0.15) is 209 Å². The van der Waals surface area contributed by atoms with Crippen molar-refractivity contribution in [2.75, 3.05) is 40.2 Å². The Balaban J connectivity index is 0.00000123. The monoisotopic (exact) mass is 1990 g/mol. The van der Waals surface area contributed by atoms with Gasteiger partial charge >= 0.3 is 83.8 Å². The number of methoxy groups -OCH3 is 3. The van der Waals surface area contributed by atoms with Crippen LogP contribution in [-0.4, -0.2) is 255 Å². The molecule has 43 nitrogen and oxygen atoms in total. The summed E-state index contributed by atoms with van der Waals surface area (Å²) in [5, 5.41) is 105. The highest BCUT2D eigenvalue weighted by molar-refractivity contribution is 7.98. The maximum absolute atomic E-state index is 13.7. The molecule has 141 heavy (non-hydrogen) atoms. The minimum absolute atomic E-state index is 0.0488. The van der Waals surface area contributed by atoms with Crippen molar-refractivity contribution in [3.63, 3.8) is 0 Å². The summed E-state index contributed by atoms with van der Waals surface area (Å²) in [6.07, 6.45) is -1.68. The molecule has 0 heterocycles. The molecular weight excluding hydrogens is 1860 g/mol. The van der Waals surface area contributed by atoms with Gasteiger partial charge in [0.05, 0.1) is 21.3 Å². The van der Waals surface area contributed by atoms with Gasteiger partial charge in [-0.1, -0.05) is 161 Å². The van der Waals surface area contributed by atoms with Crippen LogP contribution in [0.3, 0.4) is 0 Å². The Kier molecular flexibility index (Phi) is 61.0. The predicted octanol–water partition coefficient (Wildman–Crippen LogP) is 8.08. The maximum Gasteiger partial charge on any atom is 0.327 e. The highest BCUT2D eigenvalue weighted by Gasteiger charge is 2.33. The van der Waals surface area contributed by atoms with Crippen molar-refractivity contribution < 1.29 is 151 Å². The first-order chi connectivity index (χ1) is 67.1. The molecule has 0 fully saturated rings. The first-order valence-corrected chi connectivity index (χ1v) is 46.6. The van der Waals surface area contributed by atoms with Crippen LogP contribution in [0, 0.1) is 20.8 Å². The van der Waals surface area contributed by atoms with E-state index in [2.05, 4.69) is 78.0 Å². The number of hydrogen-bond donors (Lipinski definition) is 20. The fourth-order valence-electron chi connectivity index (χ4n) is 12.3. The highest BCUT2D eigenvalue weighted by atomic mass is 32.2. The van der Waals surface area contributed by atoms with Gasteiger partial charge in [-0.3, -0.25) is 52.7 Å². The van der Waals surface area contributed by atoms with Crippen LogP contribution >= 0.6 is 11.8 Å². The molecule has 0 aliphatic rings. The van der Waals surface area contributed by atoms with E-state index in [0.717, 1.165) is 52.8 Å². The molecule has 0 saturated heterocycles. The quantitative estimate of drug-likeness (QED) is 0.00974. The van der Waals surface area contributed by atoms with E-state index >= 15 is 0 Å². The average Bonchev–Trinajstić information content (AvgIpc) is 0.829. The Labute approximate surface area is 820 Å². The number of amides is 12. The van der Waals surface area contributed by atoms with Gasteiger partial charge in [0.25, 0.3) is 17.7 Å². The van der Waals surface area contributed by atoms with E-state index in [-0.39, 0.29) is 119 Å². The van der Waals surface area contributed by atoms with Gasteiger partial charge in [-0.05, 0) is 155 Å².